The number of para-hydroxylation sites is 1. The van der Waals surface area contributed by atoms with E-state index in [2.05, 4.69) is 10.6 Å². The van der Waals surface area contributed by atoms with Gasteiger partial charge >= 0.3 is 6.18 Å². The normalized spacial score (nSPS) is 11.6. The lowest BCUT2D eigenvalue weighted by Gasteiger charge is -2.24. The molecule has 0 bridgehead atoms. The van der Waals surface area contributed by atoms with Crippen molar-refractivity contribution >= 4 is 29.0 Å². The topological polar surface area (TPSA) is 75.3 Å². The van der Waals surface area contributed by atoms with Crippen molar-refractivity contribution in [3.63, 3.8) is 0 Å². The molecule has 2 N–H and O–H groups in total. The Kier molecular flexibility index (Phi) is 5.92. The molecule has 0 aliphatic carbocycles. The first-order valence-electron chi connectivity index (χ1n) is 8.33. The Balaban J connectivity index is 2.20. The first-order chi connectivity index (χ1) is 12.9. The lowest BCUT2D eigenvalue weighted by Crippen LogP contribution is -2.42. The summed E-state index contributed by atoms with van der Waals surface area (Å²) < 4.78 is 39.3. The largest absolute Gasteiger partial charge is 0.418 e. The molecule has 0 atom stereocenters. The quantitative estimate of drug-likeness (QED) is 0.581. The van der Waals surface area contributed by atoms with Gasteiger partial charge in [0.25, 0.3) is 0 Å². The zero-order chi connectivity index (χ0) is 21.1. The molecule has 0 radical (unpaired) electrons. The fourth-order valence-corrected chi connectivity index (χ4v) is 2.32. The molecule has 2 aromatic carbocycles. The highest BCUT2D eigenvalue weighted by Gasteiger charge is 2.39. The van der Waals surface area contributed by atoms with Crippen molar-refractivity contribution in [2.45, 2.75) is 26.9 Å². The Bertz CT molecular complexity index is 921. The van der Waals surface area contributed by atoms with Crippen molar-refractivity contribution in [1.29, 1.82) is 0 Å². The Hall–Kier alpha value is -3.16. The average Bonchev–Trinajstić information content (AvgIpc) is 2.61. The van der Waals surface area contributed by atoms with Crippen LogP contribution >= 0.6 is 0 Å². The minimum atomic E-state index is -4.65. The van der Waals surface area contributed by atoms with E-state index < -0.39 is 34.7 Å². The number of amides is 2. The van der Waals surface area contributed by atoms with Crippen molar-refractivity contribution in [2.24, 2.45) is 5.41 Å². The van der Waals surface area contributed by atoms with Gasteiger partial charge in [-0.25, -0.2) is 0 Å². The van der Waals surface area contributed by atoms with E-state index in [0.29, 0.717) is 11.3 Å². The van der Waals surface area contributed by atoms with E-state index in [1.807, 2.05) is 0 Å². The Morgan fingerprint density at radius 1 is 0.857 bits per heavy atom. The zero-order valence-electron chi connectivity index (χ0n) is 15.5. The predicted octanol–water partition coefficient (Wildman–Crippen LogP) is 4.51. The van der Waals surface area contributed by atoms with Crippen LogP contribution in [0, 0.1) is 5.41 Å². The summed E-state index contributed by atoms with van der Waals surface area (Å²) in [5, 5.41) is 4.69. The summed E-state index contributed by atoms with van der Waals surface area (Å²) in [6, 6.07) is 10.7. The van der Waals surface area contributed by atoms with E-state index in [0.717, 1.165) is 12.1 Å². The molecule has 2 rings (SSSR count). The van der Waals surface area contributed by atoms with Crippen LogP contribution in [0.2, 0.25) is 0 Å². The summed E-state index contributed by atoms with van der Waals surface area (Å²) in [5.74, 6) is -1.82. The average molecular weight is 392 g/mol. The standard InChI is InChI=1S/C20H19F3N2O3/c1-12(26)13-7-6-8-14(11-13)24-17(27)19(2,3)18(28)25-16-10-5-4-9-15(16)20(21,22)23/h4-11H,1-3H3,(H,24,27)(H,25,28). The number of hydrogen-bond donors (Lipinski definition) is 2. The van der Waals surface area contributed by atoms with Gasteiger partial charge in [0, 0.05) is 11.3 Å². The summed E-state index contributed by atoms with van der Waals surface area (Å²) in [7, 11) is 0. The van der Waals surface area contributed by atoms with Crippen molar-refractivity contribution in [3.05, 3.63) is 59.7 Å². The van der Waals surface area contributed by atoms with Crippen LogP contribution in [0.25, 0.3) is 0 Å². The monoisotopic (exact) mass is 392 g/mol. The van der Waals surface area contributed by atoms with Crippen LogP contribution in [-0.2, 0) is 15.8 Å². The van der Waals surface area contributed by atoms with Crippen LogP contribution in [0.15, 0.2) is 48.5 Å². The summed E-state index contributed by atoms with van der Waals surface area (Å²) >= 11 is 0. The van der Waals surface area contributed by atoms with Crippen molar-refractivity contribution < 1.29 is 27.6 Å². The second kappa shape index (κ2) is 7.84. The van der Waals surface area contributed by atoms with Gasteiger partial charge in [-0.3, -0.25) is 14.4 Å². The summed E-state index contributed by atoms with van der Waals surface area (Å²) in [6.07, 6.45) is -4.65. The first-order valence-corrected chi connectivity index (χ1v) is 8.33. The lowest BCUT2D eigenvalue weighted by atomic mass is 9.90. The molecule has 28 heavy (non-hydrogen) atoms. The van der Waals surface area contributed by atoms with Gasteiger partial charge in [-0.1, -0.05) is 24.3 Å². The number of hydrogen-bond acceptors (Lipinski definition) is 3. The van der Waals surface area contributed by atoms with E-state index in [1.165, 1.54) is 45.0 Å². The molecule has 0 spiro atoms. The van der Waals surface area contributed by atoms with E-state index in [-0.39, 0.29) is 5.78 Å². The number of rotatable bonds is 5. The van der Waals surface area contributed by atoms with Gasteiger partial charge in [-0.05, 0) is 45.0 Å². The third kappa shape index (κ3) is 4.76. The molecular weight excluding hydrogens is 373 g/mol. The molecule has 0 aromatic heterocycles. The van der Waals surface area contributed by atoms with Gasteiger partial charge in [0.1, 0.15) is 5.41 Å². The Morgan fingerprint density at radius 2 is 1.46 bits per heavy atom. The van der Waals surface area contributed by atoms with Crippen molar-refractivity contribution in [2.75, 3.05) is 10.6 Å². The number of anilines is 2. The Labute approximate surface area is 159 Å². The number of nitrogens with one attached hydrogen (secondary N) is 2. The summed E-state index contributed by atoms with van der Waals surface area (Å²) in [6.45, 7) is 3.96. The summed E-state index contributed by atoms with van der Waals surface area (Å²) in [5.41, 5.74) is -2.44. The number of carbonyl (C=O) groups is 3. The molecule has 0 aliphatic heterocycles. The van der Waals surface area contributed by atoms with E-state index in [1.54, 1.807) is 12.1 Å². The van der Waals surface area contributed by atoms with E-state index in [4.69, 9.17) is 0 Å². The van der Waals surface area contributed by atoms with Crippen LogP contribution in [0.4, 0.5) is 24.5 Å². The van der Waals surface area contributed by atoms with Gasteiger partial charge in [-0.2, -0.15) is 13.2 Å². The minimum absolute atomic E-state index is 0.197. The van der Waals surface area contributed by atoms with Crippen molar-refractivity contribution in [1.82, 2.24) is 0 Å². The smallest absolute Gasteiger partial charge is 0.325 e. The Morgan fingerprint density at radius 3 is 2.07 bits per heavy atom. The first kappa shape index (κ1) is 21.1. The number of halogens is 3. The van der Waals surface area contributed by atoms with E-state index in [9.17, 15) is 27.6 Å². The molecule has 0 aliphatic rings. The molecular formula is C20H19F3N2O3. The molecule has 2 amide bonds. The van der Waals surface area contributed by atoms with Crippen LogP contribution < -0.4 is 10.6 Å². The van der Waals surface area contributed by atoms with E-state index >= 15 is 0 Å². The van der Waals surface area contributed by atoms with Crippen LogP contribution in [-0.4, -0.2) is 17.6 Å². The maximum Gasteiger partial charge on any atom is 0.418 e. The molecule has 5 nitrogen and oxygen atoms in total. The molecule has 0 saturated heterocycles. The molecule has 0 unspecified atom stereocenters. The number of carbonyl (C=O) groups excluding carboxylic acids is 3. The molecule has 0 saturated carbocycles. The maximum absolute atomic E-state index is 13.1. The van der Waals surface area contributed by atoms with Gasteiger partial charge < -0.3 is 10.6 Å². The van der Waals surface area contributed by atoms with Gasteiger partial charge in [0.15, 0.2) is 5.78 Å². The minimum Gasteiger partial charge on any atom is -0.325 e. The number of ketones is 1. The van der Waals surface area contributed by atoms with Crippen molar-refractivity contribution in [3.8, 4) is 0 Å². The second-order valence-corrected chi connectivity index (χ2v) is 6.71. The third-order valence-electron chi connectivity index (χ3n) is 4.14. The molecule has 148 valence electrons. The fraction of sp³-hybridized carbons (Fsp3) is 0.250. The van der Waals surface area contributed by atoms with Crippen LogP contribution in [0.1, 0.15) is 36.7 Å². The van der Waals surface area contributed by atoms with Gasteiger partial charge in [0.05, 0.1) is 11.3 Å². The number of Topliss-reactive ketones (excluding diaryl/α,β-unsaturated/α-hetero) is 1. The van der Waals surface area contributed by atoms with Gasteiger partial charge in [0.2, 0.25) is 11.8 Å². The SMILES string of the molecule is CC(=O)c1cccc(NC(=O)C(C)(C)C(=O)Nc2ccccc2C(F)(F)F)c1. The number of alkyl halides is 3. The van der Waals surface area contributed by atoms with Gasteiger partial charge in [-0.15, -0.1) is 0 Å². The maximum atomic E-state index is 13.1. The highest BCUT2D eigenvalue weighted by atomic mass is 19.4. The third-order valence-corrected chi connectivity index (χ3v) is 4.14. The lowest BCUT2D eigenvalue weighted by molar-refractivity contribution is -0.137. The van der Waals surface area contributed by atoms with Crippen LogP contribution in [0.5, 0.6) is 0 Å². The fourth-order valence-electron chi connectivity index (χ4n) is 2.32. The highest BCUT2D eigenvalue weighted by Crippen LogP contribution is 2.35. The highest BCUT2D eigenvalue weighted by molar-refractivity contribution is 6.14. The molecule has 2 aromatic rings. The predicted molar refractivity (Wildman–Crippen MR) is 98.9 cm³/mol. The number of benzene rings is 2. The zero-order valence-corrected chi connectivity index (χ0v) is 15.5. The van der Waals surface area contributed by atoms with Crippen LogP contribution in [0.3, 0.4) is 0 Å². The molecule has 8 heteroatoms. The second-order valence-electron chi connectivity index (χ2n) is 6.71. The molecule has 0 fully saturated rings. The molecule has 0 heterocycles. The summed E-state index contributed by atoms with van der Waals surface area (Å²) in [4.78, 5) is 36.5.